The maximum absolute atomic E-state index is 13.7. The van der Waals surface area contributed by atoms with Crippen LogP contribution in [0.2, 0.25) is 0 Å². The number of nitrogens with zero attached hydrogens (tertiary/aromatic N) is 2. The molecule has 0 aliphatic carbocycles. The number of amides is 2. The van der Waals surface area contributed by atoms with Crippen molar-refractivity contribution < 1.29 is 36.5 Å². The molecule has 2 heterocycles. The molecule has 0 spiro atoms. The van der Waals surface area contributed by atoms with Crippen LogP contribution in [-0.2, 0) is 20.8 Å². The minimum absolute atomic E-state index is 0.0700. The summed E-state index contributed by atoms with van der Waals surface area (Å²) >= 11 is 0. The molecule has 3 atom stereocenters. The number of nitrogens with one attached hydrogen (secondary N) is 1. The van der Waals surface area contributed by atoms with Gasteiger partial charge in [-0.05, 0) is 55.7 Å². The van der Waals surface area contributed by atoms with Gasteiger partial charge in [0, 0.05) is 29.5 Å². The van der Waals surface area contributed by atoms with E-state index in [1.165, 1.54) is 31.2 Å². The van der Waals surface area contributed by atoms with Crippen LogP contribution in [0.15, 0.2) is 58.2 Å². The second-order valence-electron chi connectivity index (χ2n) is 9.64. The molecule has 0 saturated carbocycles. The third-order valence-corrected chi connectivity index (χ3v) is 6.88. The van der Waals surface area contributed by atoms with Crippen LogP contribution in [0.4, 0.5) is 17.6 Å². The molecule has 12 heteroatoms. The van der Waals surface area contributed by atoms with Gasteiger partial charge in [-0.25, -0.2) is 4.39 Å². The summed E-state index contributed by atoms with van der Waals surface area (Å²) in [6.45, 7) is 3.26. The lowest BCUT2D eigenvalue weighted by molar-refractivity contribution is -0.144. The molecule has 4 rings (SSSR count). The molecule has 0 radical (unpaired) electrons. The first kappa shape index (κ1) is 28.7. The molecule has 210 valence electrons. The van der Waals surface area contributed by atoms with E-state index >= 15 is 0 Å². The molecule has 3 aromatic rings. The molecule has 40 heavy (non-hydrogen) atoms. The Morgan fingerprint density at radius 3 is 2.45 bits per heavy atom. The van der Waals surface area contributed by atoms with Crippen molar-refractivity contribution in [3.05, 3.63) is 88.1 Å². The first-order valence-electron chi connectivity index (χ1n) is 12.4. The topological polar surface area (TPSA) is 128 Å². The van der Waals surface area contributed by atoms with E-state index in [0.717, 1.165) is 11.8 Å². The van der Waals surface area contributed by atoms with E-state index in [-0.39, 0.29) is 17.7 Å². The highest BCUT2D eigenvalue weighted by Crippen LogP contribution is 2.34. The summed E-state index contributed by atoms with van der Waals surface area (Å²) in [7, 11) is 0. The number of rotatable bonds is 8. The number of fused-ring (bicyclic) bond motifs is 1. The van der Waals surface area contributed by atoms with Crippen molar-refractivity contribution >= 4 is 23.3 Å². The van der Waals surface area contributed by atoms with Crippen LogP contribution >= 0.6 is 0 Å². The Hall–Kier alpha value is -4.35. The fourth-order valence-electron chi connectivity index (χ4n) is 4.83. The number of alkyl halides is 3. The van der Waals surface area contributed by atoms with Crippen molar-refractivity contribution in [2.75, 3.05) is 0 Å². The second kappa shape index (κ2) is 11.4. The van der Waals surface area contributed by atoms with Gasteiger partial charge in [0.05, 0.1) is 23.2 Å². The van der Waals surface area contributed by atoms with Crippen LogP contribution in [0.25, 0.3) is 0 Å². The zero-order chi connectivity index (χ0) is 29.2. The molecule has 0 saturated heterocycles. The average Bonchev–Trinajstić information content (AvgIpc) is 3.23. The first-order chi connectivity index (χ1) is 18.9. The number of nitrogens with two attached hydrogens (primary N) is 1. The van der Waals surface area contributed by atoms with E-state index in [4.69, 9.17) is 10.3 Å². The number of aromatic nitrogens is 1. The number of hydrogen-bond donors (Lipinski definition) is 2. The van der Waals surface area contributed by atoms with Gasteiger partial charge in [-0.3, -0.25) is 19.4 Å². The number of benzene rings is 2. The number of ketones is 1. The standard InChI is InChI=1S/C28H26F4N4O4/c1-14-4-3-5-18-20(14)12-22(37)26(34-24(18)16-6-8-17(29)9-7-16)35-27(39)19(10-11-28(30,31)32)23(25(33)38)21-13-40-36-15(21)2/h3-9,13,19,23,26H,10-12H2,1-2H3,(H2,33,38)(H,35,39)/t19-,23-,26-/m1/s1. The normalized spacial score (nSPS) is 16.9. The summed E-state index contributed by atoms with van der Waals surface area (Å²) in [6.07, 6.45) is -7.37. The molecule has 1 aliphatic rings. The molecule has 0 fully saturated rings. The number of aliphatic imine (C=N–C) groups is 1. The van der Waals surface area contributed by atoms with Crippen LogP contribution in [0, 0.1) is 25.6 Å². The van der Waals surface area contributed by atoms with Crippen molar-refractivity contribution in [2.24, 2.45) is 16.6 Å². The van der Waals surface area contributed by atoms with Gasteiger partial charge < -0.3 is 15.6 Å². The van der Waals surface area contributed by atoms with Crippen LogP contribution < -0.4 is 11.1 Å². The van der Waals surface area contributed by atoms with E-state index in [1.807, 2.05) is 0 Å². The summed E-state index contributed by atoms with van der Waals surface area (Å²) in [4.78, 5) is 43.8. The van der Waals surface area contributed by atoms with Gasteiger partial charge in [0.1, 0.15) is 12.1 Å². The second-order valence-corrected chi connectivity index (χ2v) is 9.64. The monoisotopic (exact) mass is 558 g/mol. The number of hydrogen-bond acceptors (Lipinski definition) is 6. The minimum Gasteiger partial charge on any atom is -0.369 e. The Labute approximate surface area is 226 Å². The molecular formula is C28H26F4N4O4. The van der Waals surface area contributed by atoms with E-state index < -0.39 is 60.4 Å². The molecule has 0 bridgehead atoms. The van der Waals surface area contributed by atoms with Gasteiger partial charge in [-0.1, -0.05) is 23.4 Å². The molecular weight excluding hydrogens is 532 g/mol. The smallest absolute Gasteiger partial charge is 0.369 e. The Morgan fingerprint density at radius 1 is 1.15 bits per heavy atom. The van der Waals surface area contributed by atoms with Crippen molar-refractivity contribution in [3.8, 4) is 0 Å². The highest BCUT2D eigenvalue weighted by atomic mass is 19.4. The van der Waals surface area contributed by atoms with Gasteiger partial charge in [-0.15, -0.1) is 0 Å². The van der Waals surface area contributed by atoms with Gasteiger partial charge in [0.25, 0.3) is 0 Å². The Morgan fingerprint density at radius 2 is 1.85 bits per heavy atom. The Kier molecular flexibility index (Phi) is 8.17. The van der Waals surface area contributed by atoms with Crippen molar-refractivity contribution in [1.29, 1.82) is 0 Å². The highest BCUT2D eigenvalue weighted by Gasteiger charge is 2.40. The molecule has 2 amide bonds. The largest absolute Gasteiger partial charge is 0.389 e. The quantitative estimate of drug-likeness (QED) is 0.403. The third kappa shape index (κ3) is 6.27. The summed E-state index contributed by atoms with van der Waals surface area (Å²) in [6, 6.07) is 10.7. The van der Waals surface area contributed by atoms with Gasteiger partial charge in [0.15, 0.2) is 11.9 Å². The minimum atomic E-state index is -4.63. The van der Waals surface area contributed by atoms with Crippen LogP contribution in [0.5, 0.6) is 0 Å². The fourth-order valence-corrected chi connectivity index (χ4v) is 4.83. The van der Waals surface area contributed by atoms with E-state index in [2.05, 4.69) is 15.5 Å². The Bertz CT molecular complexity index is 1460. The highest BCUT2D eigenvalue weighted by molar-refractivity contribution is 6.16. The lowest BCUT2D eigenvalue weighted by Crippen LogP contribution is -2.46. The number of carbonyl (C=O) groups excluding carboxylic acids is 3. The molecule has 0 unspecified atom stereocenters. The van der Waals surface area contributed by atoms with E-state index in [1.54, 1.807) is 25.1 Å². The summed E-state index contributed by atoms with van der Waals surface area (Å²) in [5, 5.41) is 6.10. The molecule has 8 nitrogen and oxygen atoms in total. The zero-order valence-corrected chi connectivity index (χ0v) is 21.6. The lowest BCUT2D eigenvalue weighted by Gasteiger charge is -2.25. The van der Waals surface area contributed by atoms with Crippen molar-refractivity contribution in [1.82, 2.24) is 10.5 Å². The van der Waals surface area contributed by atoms with Crippen molar-refractivity contribution in [3.63, 3.8) is 0 Å². The maximum atomic E-state index is 13.7. The fraction of sp³-hybridized carbons (Fsp3) is 0.321. The van der Waals surface area contributed by atoms with E-state index in [9.17, 15) is 31.9 Å². The summed E-state index contributed by atoms with van der Waals surface area (Å²) < 4.78 is 58.1. The van der Waals surface area contributed by atoms with Gasteiger partial charge in [-0.2, -0.15) is 13.2 Å². The molecule has 1 aromatic heterocycles. The summed E-state index contributed by atoms with van der Waals surface area (Å²) in [5.41, 5.74) is 8.59. The van der Waals surface area contributed by atoms with Crippen LogP contribution in [0.3, 0.4) is 0 Å². The first-order valence-corrected chi connectivity index (χ1v) is 12.4. The predicted molar refractivity (Wildman–Crippen MR) is 136 cm³/mol. The molecule has 2 aromatic carbocycles. The van der Waals surface area contributed by atoms with Crippen LogP contribution in [0.1, 0.15) is 52.3 Å². The lowest BCUT2D eigenvalue weighted by atomic mass is 9.82. The number of Topliss-reactive ketones (excluding diaryl/α,β-unsaturated/α-hetero) is 1. The van der Waals surface area contributed by atoms with Gasteiger partial charge >= 0.3 is 6.18 Å². The number of halogens is 4. The van der Waals surface area contributed by atoms with Crippen LogP contribution in [-0.4, -0.2) is 40.8 Å². The molecule has 1 aliphatic heterocycles. The predicted octanol–water partition coefficient (Wildman–Crippen LogP) is 4.06. The number of primary amides is 1. The number of aryl methyl sites for hydroxylation is 2. The van der Waals surface area contributed by atoms with E-state index in [0.29, 0.717) is 22.4 Å². The number of carbonyl (C=O) groups is 3. The SMILES string of the molecule is Cc1cccc2c1CC(=O)[C@@H](NC(=O)[C@H](CCC(F)(F)F)[C@@H](C(N)=O)c1conc1C)N=C2c1ccc(F)cc1. The average molecular weight is 559 g/mol. The molecule has 3 N–H and O–H groups in total. The van der Waals surface area contributed by atoms with Gasteiger partial charge in [0.2, 0.25) is 11.8 Å². The third-order valence-electron chi connectivity index (χ3n) is 6.88. The van der Waals surface area contributed by atoms with Crippen molar-refractivity contribution in [2.45, 2.75) is 51.4 Å². The zero-order valence-electron chi connectivity index (χ0n) is 21.6. The summed E-state index contributed by atoms with van der Waals surface area (Å²) in [5.74, 6) is -6.20. The Balaban J connectivity index is 1.75. The maximum Gasteiger partial charge on any atom is 0.389 e.